The van der Waals surface area contributed by atoms with Gasteiger partial charge in [-0.3, -0.25) is 9.69 Å². The molecular formula is C30H30F6N6O7. The van der Waals surface area contributed by atoms with Crippen LogP contribution in [0.25, 0.3) is 0 Å². The Hall–Kier alpha value is -5.04. The number of halogens is 6. The Labute approximate surface area is 274 Å². The average Bonchev–Trinajstić information content (AvgIpc) is 3.04. The first kappa shape index (κ1) is 36.8. The summed E-state index contributed by atoms with van der Waals surface area (Å²) in [5.74, 6) is -3.28. The Morgan fingerprint density at radius 2 is 1.71 bits per heavy atom. The Kier molecular flexibility index (Phi) is 10.4. The molecule has 3 aromatic rings. The number of hydrogen-bond acceptors (Lipinski definition) is 10. The minimum Gasteiger partial charge on any atom is -0.481 e. The van der Waals surface area contributed by atoms with Gasteiger partial charge in [-0.25, -0.2) is 24.5 Å². The van der Waals surface area contributed by atoms with E-state index in [-0.39, 0.29) is 47.7 Å². The summed E-state index contributed by atoms with van der Waals surface area (Å²) in [4.78, 5) is 51.7. The summed E-state index contributed by atoms with van der Waals surface area (Å²) in [6, 6.07) is 2.07. The summed E-state index contributed by atoms with van der Waals surface area (Å²) in [5.41, 5.74) is 0.540. The van der Waals surface area contributed by atoms with Gasteiger partial charge in [-0.05, 0) is 42.7 Å². The third-order valence-electron chi connectivity index (χ3n) is 7.90. The van der Waals surface area contributed by atoms with E-state index in [1.165, 1.54) is 19.2 Å². The van der Waals surface area contributed by atoms with Gasteiger partial charge in [0.05, 0.1) is 60.5 Å². The Morgan fingerprint density at radius 1 is 1.08 bits per heavy atom. The smallest absolute Gasteiger partial charge is 0.416 e. The molecule has 3 heterocycles. The number of hydrogen-bond donors (Lipinski definition) is 4. The number of carboxylic acid groups (broad SMARTS) is 1. The minimum atomic E-state index is -5.17. The molecule has 13 nitrogen and oxygen atoms in total. The highest BCUT2D eigenvalue weighted by atomic mass is 19.4. The first-order valence-electron chi connectivity index (χ1n) is 14.4. The summed E-state index contributed by atoms with van der Waals surface area (Å²) in [6.45, 7) is 0.705. The van der Waals surface area contributed by atoms with E-state index in [0.29, 0.717) is 12.1 Å². The molecule has 3 atom stereocenters. The Bertz CT molecular complexity index is 1720. The van der Waals surface area contributed by atoms with Gasteiger partial charge < -0.3 is 30.7 Å². The number of benzene rings is 1. The van der Waals surface area contributed by atoms with Crippen LogP contribution >= 0.6 is 0 Å². The molecule has 0 saturated carbocycles. The van der Waals surface area contributed by atoms with Crippen LogP contribution in [0.4, 0.5) is 36.8 Å². The fraction of sp³-hybridized carbons (Fsp3) is 0.400. The van der Waals surface area contributed by atoms with Gasteiger partial charge in [-0.2, -0.15) is 26.3 Å². The summed E-state index contributed by atoms with van der Waals surface area (Å²) < 4.78 is 91.8. The van der Waals surface area contributed by atoms with Crippen molar-refractivity contribution >= 4 is 23.7 Å². The molecule has 1 aliphatic heterocycles. The molecule has 2 amide bonds. The van der Waals surface area contributed by atoms with Crippen molar-refractivity contribution in [2.75, 3.05) is 25.7 Å². The standard InChI is InChI=1S/C30H30F6N6O7/c1-4-28(37)11-17(23-21(42(28)27(46)47)5-6-22(41-23)48-2)24-38-12-18(25(44)40-20(13-43)26(45)49-3)19(39-24)9-14-7-15(29(31,32)33)10-16(8-14)30(34,35)36/h5-8,10,12,17,20,43H,4,9,11,13,37H2,1-3H3,(H,40,44)(H,46,47)/t17-,20?,28+/m0/s1. The van der Waals surface area contributed by atoms with E-state index in [9.17, 15) is 50.9 Å². The summed E-state index contributed by atoms with van der Waals surface area (Å²) in [5, 5.41) is 21.8. The topological polar surface area (TPSA) is 190 Å². The maximum atomic E-state index is 13.7. The lowest BCUT2D eigenvalue weighted by Crippen LogP contribution is -2.61. The summed E-state index contributed by atoms with van der Waals surface area (Å²) >= 11 is 0. The van der Waals surface area contributed by atoms with Gasteiger partial charge in [-0.15, -0.1) is 0 Å². The molecule has 264 valence electrons. The number of rotatable bonds is 9. The van der Waals surface area contributed by atoms with Gasteiger partial charge in [0, 0.05) is 18.7 Å². The number of carbonyl (C=O) groups excluding carboxylic acids is 2. The number of methoxy groups -OCH3 is 2. The number of esters is 1. The fourth-order valence-electron chi connectivity index (χ4n) is 5.40. The predicted molar refractivity (Wildman–Crippen MR) is 157 cm³/mol. The molecule has 2 aromatic heterocycles. The monoisotopic (exact) mass is 700 g/mol. The number of carbonyl (C=O) groups is 3. The average molecular weight is 701 g/mol. The van der Waals surface area contributed by atoms with Crippen molar-refractivity contribution in [1.82, 2.24) is 20.3 Å². The maximum Gasteiger partial charge on any atom is 0.416 e. The second-order valence-electron chi connectivity index (χ2n) is 11.0. The largest absolute Gasteiger partial charge is 0.481 e. The lowest BCUT2D eigenvalue weighted by molar-refractivity contribution is -0.144. The van der Waals surface area contributed by atoms with Gasteiger partial charge in [-0.1, -0.05) is 6.92 Å². The molecule has 19 heteroatoms. The highest BCUT2D eigenvalue weighted by Crippen LogP contribution is 2.45. The van der Waals surface area contributed by atoms with Gasteiger partial charge in [0.25, 0.3) is 5.91 Å². The number of nitrogens with one attached hydrogen (secondary N) is 1. The number of anilines is 1. The van der Waals surface area contributed by atoms with Gasteiger partial charge in [0.15, 0.2) is 6.04 Å². The highest BCUT2D eigenvalue weighted by molar-refractivity contribution is 5.97. The summed E-state index contributed by atoms with van der Waals surface area (Å²) in [7, 11) is 2.29. The molecule has 0 saturated heterocycles. The molecule has 0 aliphatic carbocycles. The zero-order valence-electron chi connectivity index (χ0n) is 26.0. The van der Waals surface area contributed by atoms with E-state index in [0.717, 1.165) is 18.2 Å². The van der Waals surface area contributed by atoms with Crippen LogP contribution in [0.15, 0.2) is 36.5 Å². The number of aliphatic hydroxyl groups is 1. The van der Waals surface area contributed by atoms with Crippen molar-refractivity contribution in [3.63, 3.8) is 0 Å². The number of amides is 2. The Morgan fingerprint density at radius 3 is 2.22 bits per heavy atom. The van der Waals surface area contributed by atoms with Crippen LogP contribution in [0.2, 0.25) is 0 Å². The highest BCUT2D eigenvalue weighted by Gasteiger charge is 2.47. The molecule has 1 aliphatic rings. The van der Waals surface area contributed by atoms with E-state index in [1.54, 1.807) is 6.92 Å². The first-order chi connectivity index (χ1) is 22.9. The molecule has 0 fully saturated rings. The number of nitrogens with two attached hydrogens (primary N) is 1. The zero-order chi connectivity index (χ0) is 36.5. The van der Waals surface area contributed by atoms with Crippen molar-refractivity contribution < 1.29 is 60.4 Å². The third-order valence-corrected chi connectivity index (χ3v) is 7.90. The number of nitrogens with zero attached hydrogens (tertiary/aromatic N) is 4. The lowest BCUT2D eigenvalue weighted by Gasteiger charge is -2.45. The van der Waals surface area contributed by atoms with Crippen LogP contribution in [0.5, 0.6) is 5.88 Å². The van der Waals surface area contributed by atoms with Crippen LogP contribution in [0, 0.1) is 0 Å². The third kappa shape index (κ3) is 7.67. The number of ether oxygens (including phenoxy) is 2. The predicted octanol–water partition coefficient (Wildman–Crippen LogP) is 3.86. The fourth-order valence-corrected chi connectivity index (χ4v) is 5.40. The van der Waals surface area contributed by atoms with Crippen molar-refractivity contribution in [1.29, 1.82) is 0 Å². The minimum absolute atomic E-state index is 0.0393. The first-order valence-corrected chi connectivity index (χ1v) is 14.4. The number of alkyl halides is 6. The second kappa shape index (κ2) is 13.8. The van der Waals surface area contributed by atoms with Gasteiger partial charge >= 0.3 is 24.4 Å². The van der Waals surface area contributed by atoms with Crippen LogP contribution in [0.3, 0.4) is 0 Å². The molecule has 5 N–H and O–H groups in total. The number of aliphatic hydroxyl groups excluding tert-OH is 1. The van der Waals surface area contributed by atoms with Gasteiger partial charge in [0.1, 0.15) is 11.5 Å². The zero-order valence-corrected chi connectivity index (χ0v) is 26.0. The van der Waals surface area contributed by atoms with E-state index >= 15 is 0 Å². The number of aromatic nitrogens is 3. The van der Waals surface area contributed by atoms with E-state index in [4.69, 9.17) is 10.5 Å². The number of pyridine rings is 1. The van der Waals surface area contributed by atoms with Crippen LogP contribution in [0.1, 0.15) is 69.9 Å². The maximum absolute atomic E-state index is 13.7. The molecule has 0 radical (unpaired) electrons. The molecule has 0 spiro atoms. The van der Waals surface area contributed by atoms with Crippen molar-refractivity contribution in [3.05, 3.63) is 76.0 Å². The SMILES string of the molecule is CC[C@]1(N)C[C@H](c2ncc(C(=O)NC(CO)C(=O)OC)c(Cc3cc(C(F)(F)F)cc(C(F)(F)F)c3)n2)c2nc(OC)ccc2N1C(=O)O. The quantitative estimate of drug-likeness (QED) is 0.187. The van der Waals surface area contributed by atoms with Crippen molar-refractivity contribution in [2.24, 2.45) is 5.73 Å². The van der Waals surface area contributed by atoms with Gasteiger partial charge in [0.2, 0.25) is 5.88 Å². The van der Waals surface area contributed by atoms with E-state index < -0.39 is 83.2 Å². The molecule has 1 aromatic carbocycles. The normalized spacial score (nSPS) is 18.3. The van der Waals surface area contributed by atoms with Crippen molar-refractivity contribution in [2.45, 2.75) is 56.2 Å². The van der Waals surface area contributed by atoms with Crippen molar-refractivity contribution in [3.8, 4) is 5.88 Å². The molecular weight excluding hydrogens is 670 g/mol. The van der Waals surface area contributed by atoms with Crippen LogP contribution in [-0.4, -0.2) is 75.7 Å². The molecule has 49 heavy (non-hydrogen) atoms. The second-order valence-corrected chi connectivity index (χ2v) is 11.0. The lowest BCUT2D eigenvalue weighted by atomic mass is 9.83. The Balaban J connectivity index is 1.94. The summed E-state index contributed by atoms with van der Waals surface area (Å²) in [6.07, 6.45) is -11.7. The van der Waals surface area contributed by atoms with E-state index in [2.05, 4.69) is 25.0 Å². The molecule has 1 unspecified atom stereocenters. The van der Waals surface area contributed by atoms with Crippen LogP contribution < -0.4 is 20.7 Å². The van der Waals surface area contributed by atoms with E-state index in [1.807, 2.05) is 0 Å². The van der Waals surface area contributed by atoms with Crippen LogP contribution in [-0.2, 0) is 28.3 Å². The molecule has 4 rings (SSSR count). The number of fused-ring (bicyclic) bond motifs is 1. The molecule has 0 bridgehead atoms.